The van der Waals surface area contributed by atoms with E-state index in [0.717, 1.165) is 28.3 Å². The van der Waals surface area contributed by atoms with Crippen LogP contribution in [0.4, 0.5) is 5.82 Å². The average Bonchev–Trinajstić information content (AvgIpc) is 2.69. The van der Waals surface area contributed by atoms with E-state index in [1.165, 1.54) is 11.9 Å². The molecule has 128 valence electrons. The van der Waals surface area contributed by atoms with Crippen molar-refractivity contribution in [2.75, 3.05) is 5.32 Å². The number of anilines is 1. The van der Waals surface area contributed by atoms with Gasteiger partial charge in [0.15, 0.2) is 5.65 Å². The van der Waals surface area contributed by atoms with Gasteiger partial charge in [0.05, 0.1) is 5.39 Å². The molecule has 0 saturated heterocycles. The van der Waals surface area contributed by atoms with Gasteiger partial charge in [0.1, 0.15) is 23.6 Å². The highest BCUT2D eigenvalue weighted by molar-refractivity contribution is 5.85. The number of rotatable bonds is 5. The molecule has 0 saturated carbocycles. The molecule has 1 N–H and O–H groups in total. The molecule has 4 rings (SSSR count). The highest BCUT2D eigenvalue weighted by atomic mass is 16.5. The van der Waals surface area contributed by atoms with Gasteiger partial charge >= 0.3 is 0 Å². The third-order valence-electron chi connectivity index (χ3n) is 4.08. The molecular weight excluding hydrogens is 324 g/mol. The van der Waals surface area contributed by atoms with Gasteiger partial charge in [0.25, 0.3) is 0 Å². The van der Waals surface area contributed by atoms with Crippen LogP contribution in [0.25, 0.3) is 11.0 Å². The third kappa shape index (κ3) is 3.47. The predicted octanol–water partition coefficient (Wildman–Crippen LogP) is 4.74. The summed E-state index contributed by atoms with van der Waals surface area (Å²) in [6.45, 7) is 2.64. The molecule has 0 fully saturated rings. The second kappa shape index (κ2) is 7.19. The number of aryl methyl sites for hydroxylation is 1. The normalized spacial score (nSPS) is 10.7. The SMILES string of the molecule is Cc1ccc(Oc2ccccc2CNc2ncnc3ncccc23)cc1. The summed E-state index contributed by atoms with van der Waals surface area (Å²) in [5.41, 5.74) is 2.93. The van der Waals surface area contributed by atoms with Gasteiger partial charge in [-0.05, 0) is 37.3 Å². The number of aromatic nitrogens is 3. The molecule has 2 aromatic carbocycles. The first-order valence-electron chi connectivity index (χ1n) is 8.41. The van der Waals surface area contributed by atoms with E-state index < -0.39 is 0 Å². The van der Waals surface area contributed by atoms with E-state index in [0.29, 0.717) is 12.2 Å². The van der Waals surface area contributed by atoms with Crippen molar-refractivity contribution in [3.63, 3.8) is 0 Å². The van der Waals surface area contributed by atoms with E-state index in [-0.39, 0.29) is 0 Å². The molecule has 5 heteroatoms. The maximum Gasteiger partial charge on any atom is 0.164 e. The van der Waals surface area contributed by atoms with Crippen LogP contribution in [-0.2, 0) is 6.54 Å². The second-order valence-electron chi connectivity index (χ2n) is 5.97. The Labute approximate surface area is 151 Å². The van der Waals surface area contributed by atoms with Crippen molar-refractivity contribution in [3.05, 3.63) is 84.3 Å². The Morgan fingerprint density at radius 1 is 0.885 bits per heavy atom. The van der Waals surface area contributed by atoms with Crippen LogP contribution in [-0.4, -0.2) is 15.0 Å². The van der Waals surface area contributed by atoms with Crippen molar-refractivity contribution in [2.45, 2.75) is 13.5 Å². The largest absolute Gasteiger partial charge is 0.457 e. The lowest BCUT2D eigenvalue weighted by Gasteiger charge is -2.13. The summed E-state index contributed by atoms with van der Waals surface area (Å²) < 4.78 is 6.06. The number of pyridine rings is 1. The molecule has 26 heavy (non-hydrogen) atoms. The number of nitrogens with zero attached hydrogens (tertiary/aromatic N) is 3. The molecule has 0 unspecified atom stereocenters. The molecule has 5 nitrogen and oxygen atoms in total. The van der Waals surface area contributed by atoms with Crippen LogP contribution < -0.4 is 10.1 Å². The fourth-order valence-electron chi connectivity index (χ4n) is 2.70. The first-order valence-corrected chi connectivity index (χ1v) is 8.41. The molecule has 0 atom stereocenters. The minimum atomic E-state index is 0.586. The van der Waals surface area contributed by atoms with Gasteiger partial charge in [-0.15, -0.1) is 0 Å². The number of nitrogens with one attached hydrogen (secondary N) is 1. The summed E-state index contributed by atoms with van der Waals surface area (Å²) in [6, 6.07) is 19.8. The van der Waals surface area contributed by atoms with Gasteiger partial charge in [-0.25, -0.2) is 15.0 Å². The lowest BCUT2D eigenvalue weighted by molar-refractivity contribution is 0.477. The molecule has 2 heterocycles. The average molecular weight is 342 g/mol. The second-order valence-corrected chi connectivity index (χ2v) is 5.97. The van der Waals surface area contributed by atoms with Gasteiger partial charge in [0.2, 0.25) is 0 Å². The van der Waals surface area contributed by atoms with Gasteiger partial charge < -0.3 is 10.1 Å². The molecule has 0 aliphatic carbocycles. The van der Waals surface area contributed by atoms with E-state index in [1.54, 1.807) is 6.20 Å². The molecule has 0 bridgehead atoms. The Morgan fingerprint density at radius 2 is 1.73 bits per heavy atom. The Hall–Kier alpha value is -3.47. The zero-order valence-corrected chi connectivity index (χ0v) is 14.4. The summed E-state index contributed by atoms with van der Waals surface area (Å²) in [4.78, 5) is 12.8. The van der Waals surface area contributed by atoms with Crippen LogP contribution in [0.3, 0.4) is 0 Å². The molecule has 0 amide bonds. The monoisotopic (exact) mass is 342 g/mol. The summed E-state index contributed by atoms with van der Waals surface area (Å²) in [5, 5.41) is 4.26. The van der Waals surface area contributed by atoms with Crippen LogP contribution in [0.5, 0.6) is 11.5 Å². The van der Waals surface area contributed by atoms with E-state index in [1.807, 2.05) is 60.7 Å². The first kappa shape index (κ1) is 16.0. The van der Waals surface area contributed by atoms with Crippen molar-refractivity contribution in [2.24, 2.45) is 0 Å². The number of benzene rings is 2. The van der Waals surface area contributed by atoms with Gasteiger partial charge in [-0.3, -0.25) is 0 Å². The summed E-state index contributed by atoms with van der Waals surface area (Å²) in [7, 11) is 0. The molecule has 0 aliphatic heterocycles. The highest BCUT2D eigenvalue weighted by Crippen LogP contribution is 2.26. The Bertz CT molecular complexity index is 1030. The van der Waals surface area contributed by atoms with Crippen LogP contribution in [0.15, 0.2) is 73.2 Å². The zero-order chi connectivity index (χ0) is 17.8. The van der Waals surface area contributed by atoms with Crippen molar-refractivity contribution in [1.29, 1.82) is 0 Å². The minimum absolute atomic E-state index is 0.586. The summed E-state index contributed by atoms with van der Waals surface area (Å²) in [6.07, 6.45) is 3.25. The number of fused-ring (bicyclic) bond motifs is 1. The highest BCUT2D eigenvalue weighted by Gasteiger charge is 2.07. The fraction of sp³-hybridized carbons (Fsp3) is 0.0952. The fourth-order valence-corrected chi connectivity index (χ4v) is 2.70. The maximum atomic E-state index is 6.06. The molecule has 2 aromatic heterocycles. The van der Waals surface area contributed by atoms with Crippen molar-refractivity contribution in [3.8, 4) is 11.5 Å². The Balaban J connectivity index is 1.56. The predicted molar refractivity (Wildman–Crippen MR) is 102 cm³/mol. The molecule has 0 radical (unpaired) electrons. The maximum absolute atomic E-state index is 6.06. The van der Waals surface area contributed by atoms with Crippen LogP contribution >= 0.6 is 0 Å². The van der Waals surface area contributed by atoms with Crippen LogP contribution in [0.2, 0.25) is 0 Å². The van der Waals surface area contributed by atoms with E-state index >= 15 is 0 Å². The quantitative estimate of drug-likeness (QED) is 0.568. The number of ether oxygens (including phenoxy) is 1. The van der Waals surface area contributed by atoms with E-state index in [4.69, 9.17) is 4.74 Å². The minimum Gasteiger partial charge on any atom is -0.457 e. The van der Waals surface area contributed by atoms with Crippen molar-refractivity contribution >= 4 is 16.9 Å². The third-order valence-corrected chi connectivity index (χ3v) is 4.08. The summed E-state index contributed by atoms with van der Waals surface area (Å²) in [5.74, 6) is 2.40. The smallest absolute Gasteiger partial charge is 0.164 e. The Morgan fingerprint density at radius 3 is 2.62 bits per heavy atom. The lowest BCUT2D eigenvalue weighted by atomic mass is 10.2. The molecule has 4 aromatic rings. The standard InChI is InChI=1S/C21H18N4O/c1-15-8-10-17(11-9-15)26-19-7-3-2-5-16(19)13-23-21-18-6-4-12-22-20(18)24-14-25-21/h2-12,14H,13H2,1H3,(H,22,23,24,25). The Kier molecular flexibility index (Phi) is 4.43. The lowest BCUT2D eigenvalue weighted by Crippen LogP contribution is -2.04. The van der Waals surface area contributed by atoms with Gasteiger partial charge in [-0.1, -0.05) is 35.9 Å². The van der Waals surface area contributed by atoms with Gasteiger partial charge in [0, 0.05) is 18.3 Å². The number of para-hydroxylation sites is 1. The van der Waals surface area contributed by atoms with Crippen molar-refractivity contribution < 1.29 is 4.74 Å². The molecule has 0 spiro atoms. The number of hydrogen-bond donors (Lipinski definition) is 1. The van der Waals surface area contributed by atoms with Crippen LogP contribution in [0, 0.1) is 6.92 Å². The summed E-state index contributed by atoms with van der Waals surface area (Å²) >= 11 is 0. The molecular formula is C21H18N4O. The topological polar surface area (TPSA) is 59.9 Å². The zero-order valence-electron chi connectivity index (χ0n) is 14.4. The number of hydrogen-bond acceptors (Lipinski definition) is 5. The van der Waals surface area contributed by atoms with E-state index in [9.17, 15) is 0 Å². The van der Waals surface area contributed by atoms with Gasteiger partial charge in [-0.2, -0.15) is 0 Å². The van der Waals surface area contributed by atoms with Crippen molar-refractivity contribution in [1.82, 2.24) is 15.0 Å². The molecule has 0 aliphatic rings. The van der Waals surface area contributed by atoms with E-state index in [2.05, 4.69) is 27.2 Å². The van der Waals surface area contributed by atoms with Crippen LogP contribution in [0.1, 0.15) is 11.1 Å². The first-order chi connectivity index (χ1) is 12.8.